The Bertz CT molecular complexity index is 1190. The van der Waals surface area contributed by atoms with Crippen LogP contribution in [-0.2, 0) is 0 Å². The van der Waals surface area contributed by atoms with Gasteiger partial charge in [-0.2, -0.15) is 0 Å². The van der Waals surface area contributed by atoms with E-state index in [9.17, 15) is 9.59 Å². The fraction of sp³-hybridized carbons (Fsp3) is 0.100. The van der Waals surface area contributed by atoms with E-state index in [2.05, 4.69) is 0 Å². The van der Waals surface area contributed by atoms with Crippen LogP contribution in [0.25, 0.3) is 21.9 Å². The monoisotopic (exact) mass is 510 g/mol. The molecule has 0 aliphatic carbocycles. The maximum absolute atomic E-state index is 12.7. The number of methoxy groups -OCH3 is 2. The fourth-order valence-electron chi connectivity index (χ4n) is 2.64. The molecule has 0 fully saturated rings. The Balaban J connectivity index is 1.64. The molecule has 8 heteroatoms. The van der Waals surface area contributed by atoms with E-state index < -0.39 is 0 Å². The summed E-state index contributed by atoms with van der Waals surface area (Å²) in [7, 11) is 3.12. The SMILES string of the molecule is COc1ccc2c(=O)c([Se][Se]c3coc4cc(OC)ccc4c3=O)coc2c1. The molecular weight excluding hydrogens is 494 g/mol. The minimum atomic E-state index is -0.212. The summed E-state index contributed by atoms with van der Waals surface area (Å²) in [6.45, 7) is 0. The molecular formula is C20H14O6Se2. The van der Waals surface area contributed by atoms with E-state index >= 15 is 0 Å². The molecule has 0 aliphatic heterocycles. The summed E-state index contributed by atoms with van der Waals surface area (Å²) in [5.74, 6) is 1.26. The average molecular weight is 508 g/mol. The molecule has 6 nitrogen and oxygen atoms in total. The van der Waals surface area contributed by atoms with Crippen LogP contribution < -0.4 is 29.3 Å². The maximum atomic E-state index is 12.7. The van der Waals surface area contributed by atoms with Crippen LogP contribution in [0.4, 0.5) is 0 Å². The van der Waals surface area contributed by atoms with Crippen molar-refractivity contribution in [1.29, 1.82) is 0 Å². The molecule has 142 valence electrons. The van der Waals surface area contributed by atoms with Gasteiger partial charge in [0.2, 0.25) is 0 Å². The van der Waals surface area contributed by atoms with E-state index in [1.807, 2.05) is 0 Å². The van der Waals surface area contributed by atoms with Gasteiger partial charge in [0.05, 0.1) is 0 Å². The number of hydrogen-bond acceptors (Lipinski definition) is 6. The van der Waals surface area contributed by atoms with E-state index in [0.29, 0.717) is 42.4 Å². The summed E-state index contributed by atoms with van der Waals surface area (Å²) < 4.78 is 22.7. The molecule has 0 amide bonds. The second-order valence-electron chi connectivity index (χ2n) is 5.75. The molecule has 0 aliphatic rings. The van der Waals surface area contributed by atoms with Crippen LogP contribution in [0.2, 0.25) is 0 Å². The topological polar surface area (TPSA) is 78.9 Å². The first-order valence-electron chi connectivity index (χ1n) is 8.14. The van der Waals surface area contributed by atoms with Crippen LogP contribution >= 0.6 is 0 Å². The third kappa shape index (κ3) is 3.48. The zero-order valence-electron chi connectivity index (χ0n) is 14.9. The Labute approximate surface area is 170 Å². The standard InChI is InChI=1S/C20H14O6Se2/c1-23-11-3-5-13-15(7-11)25-9-17(19(13)21)27-28-18-10-26-16-8-12(24-2)4-6-14(16)20(18)22/h3-10H,1-2H3. The molecule has 4 aromatic rings. The average Bonchev–Trinajstić information content (AvgIpc) is 2.74. The van der Waals surface area contributed by atoms with Crippen LogP contribution in [-0.4, -0.2) is 40.5 Å². The first-order chi connectivity index (χ1) is 13.6. The molecule has 0 atom stereocenters. The van der Waals surface area contributed by atoms with Gasteiger partial charge in [0, 0.05) is 0 Å². The number of ether oxygens (including phenoxy) is 2. The molecule has 4 rings (SSSR count). The van der Waals surface area contributed by atoms with Gasteiger partial charge in [-0.3, -0.25) is 0 Å². The predicted octanol–water partition coefficient (Wildman–Crippen LogP) is 1.19. The van der Waals surface area contributed by atoms with Gasteiger partial charge in [0.15, 0.2) is 0 Å². The van der Waals surface area contributed by atoms with Gasteiger partial charge in [-0.1, -0.05) is 0 Å². The van der Waals surface area contributed by atoms with E-state index in [1.54, 1.807) is 50.6 Å². The first kappa shape index (κ1) is 18.8. The zero-order chi connectivity index (χ0) is 19.7. The second kappa shape index (κ2) is 7.86. The summed E-state index contributed by atoms with van der Waals surface area (Å²) in [6, 6.07) is 10.2. The minimum absolute atomic E-state index is 0.0688. The van der Waals surface area contributed by atoms with Gasteiger partial charge in [-0.05, 0) is 0 Å². The van der Waals surface area contributed by atoms with Crippen molar-refractivity contribution in [2.45, 2.75) is 0 Å². The number of fused-ring (bicyclic) bond motifs is 2. The molecule has 0 unspecified atom stereocenters. The molecule has 0 N–H and O–H groups in total. The normalized spacial score (nSPS) is 11.1. The second-order valence-corrected chi connectivity index (χ2v) is 11.9. The van der Waals surface area contributed by atoms with Gasteiger partial charge < -0.3 is 0 Å². The van der Waals surface area contributed by atoms with Gasteiger partial charge in [0.1, 0.15) is 0 Å². The molecule has 2 heterocycles. The molecule has 28 heavy (non-hydrogen) atoms. The Morgan fingerprint density at radius 2 is 1.14 bits per heavy atom. The summed E-state index contributed by atoms with van der Waals surface area (Å²) in [5, 5.41) is 1.02. The fourth-order valence-corrected chi connectivity index (χ4v) is 8.63. The van der Waals surface area contributed by atoms with Crippen LogP contribution in [0.15, 0.2) is 67.3 Å². The predicted molar refractivity (Wildman–Crippen MR) is 109 cm³/mol. The Morgan fingerprint density at radius 1 is 0.714 bits per heavy atom. The van der Waals surface area contributed by atoms with Crippen LogP contribution in [0.3, 0.4) is 0 Å². The van der Waals surface area contributed by atoms with Crippen molar-refractivity contribution in [2.75, 3.05) is 14.2 Å². The Morgan fingerprint density at radius 3 is 1.54 bits per heavy atom. The number of hydrogen-bond donors (Lipinski definition) is 0. The summed E-state index contributed by atoms with van der Waals surface area (Å²) in [5.41, 5.74) is 0.826. The zero-order valence-corrected chi connectivity index (χ0v) is 18.3. The third-order valence-electron chi connectivity index (χ3n) is 4.12. The summed E-state index contributed by atoms with van der Waals surface area (Å²) in [4.78, 5) is 25.5. The van der Waals surface area contributed by atoms with Crippen molar-refractivity contribution in [3.05, 3.63) is 69.4 Å². The van der Waals surface area contributed by atoms with Crippen molar-refractivity contribution >= 4 is 57.1 Å². The van der Waals surface area contributed by atoms with Crippen molar-refractivity contribution < 1.29 is 18.3 Å². The Kier molecular flexibility index (Phi) is 5.29. The van der Waals surface area contributed by atoms with Crippen LogP contribution in [0.1, 0.15) is 0 Å². The molecule has 0 saturated heterocycles. The van der Waals surface area contributed by atoms with Crippen LogP contribution in [0, 0.1) is 0 Å². The van der Waals surface area contributed by atoms with Gasteiger partial charge >= 0.3 is 171 Å². The first-order valence-corrected chi connectivity index (χ1v) is 14.2. The van der Waals surface area contributed by atoms with Gasteiger partial charge in [-0.25, -0.2) is 0 Å². The summed E-state index contributed by atoms with van der Waals surface area (Å²) >= 11 is -0.424. The van der Waals surface area contributed by atoms with E-state index in [4.69, 9.17) is 18.3 Å². The van der Waals surface area contributed by atoms with Crippen molar-refractivity contribution in [2.24, 2.45) is 0 Å². The molecule has 2 aromatic heterocycles. The van der Waals surface area contributed by atoms with E-state index in [0.717, 1.165) is 0 Å². The van der Waals surface area contributed by atoms with Crippen LogP contribution in [0.5, 0.6) is 11.5 Å². The van der Waals surface area contributed by atoms with Crippen molar-refractivity contribution in [3.8, 4) is 11.5 Å². The molecule has 0 bridgehead atoms. The molecule has 0 spiro atoms. The third-order valence-corrected chi connectivity index (χ3v) is 11.1. The van der Waals surface area contributed by atoms with E-state index in [-0.39, 0.29) is 37.1 Å². The quantitative estimate of drug-likeness (QED) is 0.377. The van der Waals surface area contributed by atoms with Crippen molar-refractivity contribution in [3.63, 3.8) is 0 Å². The molecule has 2 aromatic carbocycles. The van der Waals surface area contributed by atoms with E-state index in [1.165, 1.54) is 12.5 Å². The molecule has 0 radical (unpaired) electrons. The number of benzene rings is 2. The van der Waals surface area contributed by atoms with Crippen molar-refractivity contribution in [1.82, 2.24) is 0 Å². The number of rotatable bonds is 5. The summed E-state index contributed by atoms with van der Waals surface area (Å²) in [6.07, 6.45) is 2.97. The van der Waals surface area contributed by atoms with Gasteiger partial charge in [0.25, 0.3) is 0 Å². The Hall–Kier alpha value is -2.50. The van der Waals surface area contributed by atoms with Gasteiger partial charge in [-0.15, -0.1) is 0 Å². The molecule has 0 saturated carbocycles.